The van der Waals surface area contributed by atoms with Crippen LogP contribution in [0.3, 0.4) is 0 Å². The van der Waals surface area contributed by atoms with Gasteiger partial charge in [-0.05, 0) is 5.56 Å². The van der Waals surface area contributed by atoms with E-state index in [1.54, 1.807) is 0 Å². The second-order valence-electron chi connectivity index (χ2n) is 4.49. The molecule has 1 aliphatic rings. The Morgan fingerprint density at radius 1 is 1.00 bits per heavy atom. The largest absolute Gasteiger partial charge is 0.394 e. The second kappa shape index (κ2) is 6.42. The minimum absolute atomic E-state index is 0.198. The third-order valence-corrected chi connectivity index (χ3v) is 3.11. The molecule has 5 atom stereocenters. The molecule has 0 aliphatic carbocycles. The van der Waals surface area contributed by atoms with Crippen LogP contribution in [0.4, 0.5) is 0 Å². The molecule has 0 aromatic heterocycles. The molecule has 2 rings (SSSR count). The Hall–Kier alpha value is -1.02. The first-order chi connectivity index (χ1) is 9.13. The second-order valence-corrected chi connectivity index (χ2v) is 4.49. The van der Waals surface area contributed by atoms with Crippen LogP contribution in [0.25, 0.3) is 0 Å². The predicted molar refractivity (Wildman–Crippen MR) is 65.0 cm³/mol. The van der Waals surface area contributed by atoms with Gasteiger partial charge in [-0.3, -0.25) is 0 Å². The first-order valence-electron chi connectivity index (χ1n) is 6.09. The van der Waals surface area contributed by atoms with Gasteiger partial charge in [0.05, 0.1) is 13.2 Å². The average Bonchev–Trinajstić information content (AvgIpc) is 2.45. The molecule has 0 amide bonds. The molecule has 1 aromatic rings. The van der Waals surface area contributed by atoms with E-state index in [4.69, 9.17) is 14.6 Å². The smallest absolute Gasteiger partial charge is 0.187 e. The summed E-state index contributed by atoms with van der Waals surface area (Å²) >= 11 is 0. The lowest BCUT2D eigenvalue weighted by Gasteiger charge is -2.39. The molecule has 0 radical (unpaired) electrons. The standard InChI is InChI=1S/C13H18O6/c14-6-9-10(15)11(16)12(17)13(19-9)18-7-8-4-2-1-3-5-8/h1-5,9-17H,6-7H2/t9?,10-,11?,12?,13+/m1/s1. The highest BCUT2D eigenvalue weighted by molar-refractivity contribution is 5.13. The maximum Gasteiger partial charge on any atom is 0.187 e. The van der Waals surface area contributed by atoms with Crippen LogP contribution < -0.4 is 0 Å². The Kier molecular flexibility index (Phi) is 4.87. The van der Waals surface area contributed by atoms with Crippen LogP contribution in [0.5, 0.6) is 0 Å². The zero-order valence-corrected chi connectivity index (χ0v) is 10.3. The van der Waals surface area contributed by atoms with E-state index in [0.29, 0.717) is 0 Å². The number of rotatable bonds is 4. The highest BCUT2D eigenvalue weighted by Gasteiger charge is 2.43. The van der Waals surface area contributed by atoms with Gasteiger partial charge in [0.25, 0.3) is 0 Å². The van der Waals surface area contributed by atoms with E-state index in [1.807, 2.05) is 30.3 Å². The van der Waals surface area contributed by atoms with Crippen LogP contribution >= 0.6 is 0 Å². The fourth-order valence-corrected chi connectivity index (χ4v) is 1.96. The summed E-state index contributed by atoms with van der Waals surface area (Å²) in [7, 11) is 0. The molecule has 1 aromatic carbocycles. The molecule has 1 fully saturated rings. The van der Waals surface area contributed by atoms with E-state index in [9.17, 15) is 15.3 Å². The Labute approximate surface area is 110 Å². The summed E-state index contributed by atoms with van der Waals surface area (Å²) in [4.78, 5) is 0. The van der Waals surface area contributed by atoms with Crippen molar-refractivity contribution < 1.29 is 29.9 Å². The van der Waals surface area contributed by atoms with E-state index >= 15 is 0 Å². The van der Waals surface area contributed by atoms with E-state index in [-0.39, 0.29) is 6.61 Å². The number of hydrogen-bond donors (Lipinski definition) is 4. The average molecular weight is 270 g/mol. The van der Waals surface area contributed by atoms with Gasteiger partial charge in [0.2, 0.25) is 0 Å². The number of hydrogen-bond acceptors (Lipinski definition) is 6. The van der Waals surface area contributed by atoms with Crippen LogP contribution in [-0.4, -0.2) is 57.7 Å². The monoisotopic (exact) mass is 270 g/mol. The van der Waals surface area contributed by atoms with Crippen molar-refractivity contribution in [2.45, 2.75) is 37.3 Å². The van der Waals surface area contributed by atoms with Gasteiger partial charge < -0.3 is 29.9 Å². The molecule has 1 aliphatic heterocycles. The molecular formula is C13H18O6. The third-order valence-electron chi connectivity index (χ3n) is 3.11. The van der Waals surface area contributed by atoms with Gasteiger partial charge in [-0.15, -0.1) is 0 Å². The molecule has 0 bridgehead atoms. The molecule has 19 heavy (non-hydrogen) atoms. The summed E-state index contributed by atoms with van der Waals surface area (Å²) in [6.45, 7) is -0.264. The quantitative estimate of drug-likeness (QED) is 0.560. The van der Waals surface area contributed by atoms with Gasteiger partial charge >= 0.3 is 0 Å². The van der Waals surface area contributed by atoms with Gasteiger partial charge in [0, 0.05) is 0 Å². The normalized spacial score (nSPS) is 35.3. The molecule has 1 saturated heterocycles. The van der Waals surface area contributed by atoms with Gasteiger partial charge in [-0.2, -0.15) is 0 Å². The minimum atomic E-state index is -1.41. The van der Waals surface area contributed by atoms with Crippen molar-refractivity contribution in [3.05, 3.63) is 35.9 Å². The highest BCUT2D eigenvalue weighted by Crippen LogP contribution is 2.22. The number of benzene rings is 1. The maximum atomic E-state index is 9.76. The fraction of sp³-hybridized carbons (Fsp3) is 0.538. The van der Waals surface area contributed by atoms with Crippen LogP contribution in [0, 0.1) is 0 Å². The van der Waals surface area contributed by atoms with Crippen LogP contribution in [0.1, 0.15) is 5.56 Å². The summed E-state index contributed by atoms with van der Waals surface area (Å²) in [6, 6.07) is 9.28. The van der Waals surface area contributed by atoms with Gasteiger partial charge in [0.1, 0.15) is 24.4 Å². The van der Waals surface area contributed by atoms with Gasteiger partial charge in [0.15, 0.2) is 6.29 Å². The number of aliphatic hydroxyl groups is 4. The zero-order chi connectivity index (χ0) is 13.8. The highest BCUT2D eigenvalue weighted by atomic mass is 16.7. The lowest BCUT2D eigenvalue weighted by Crippen LogP contribution is -2.59. The Morgan fingerprint density at radius 3 is 2.32 bits per heavy atom. The fourth-order valence-electron chi connectivity index (χ4n) is 1.96. The van der Waals surface area contributed by atoms with Crippen molar-refractivity contribution in [1.82, 2.24) is 0 Å². The SMILES string of the molecule is OCC1O[C@H](OCc2ccccc2)C(O)C(O)[C@@H]1O. The molecule has 0 spiro atoms. The summed E-state index contributed by atoms with van der Waals surface area (Å²) in [5.74, 6) is 0. The topological polar surface area (TPSA) is 99.4 Å². The summed E-state index contributed by atoms with van der Waals surface area (Å²) < 4.78 is 10.6. The van der Waals surface area contributed by atoms with Crippen molar-refractivity contribution in [3.8, 4) is 0 Å². The van der Waals surface area contributed by atoms with Crippen molar-refractivity contribution in [2.24, 2.45) is 0 Å². The lowest BCUT2D eigenvalue weighted by molar-refractivity contribution is -0.304. The van der Waals surface area contributed by atoms with Crippen LogP contribution in [0.15, 0.2) is 30.3 Å². The van der Waals surface area contributed by atoms with Crippen molar-refractivity contribution in [2.75, 3.05) is 6.61 Å². The molecule has 4 N–H and O–H groups in total. The third kappa shape index (κ3) is 3.30. The van der Waals surface area contributed by atoms with E-state index in [0.717, 1.165) is 5.56 Å². The Balaban J connectivity index is 1.95. The van der Waals surface area contributed by atoms with Gasteiger partial charge in [-0.1, -0.05) is 30.3 Å². The van der Waals surface area contributed by atoms with E-state index in [2.05, 4.69) is 0 Å². The van der Waals surface area contributed by atoms with Crippen molar-refractivity contribution >= 4 is 0 Å². The van der Waals surface area contributed by atoms with Crippen LogP contribution in [-0.2, 0) is 16.1 Å². The van der Waals surface area contributed by atoms with E-state index in [1.165, 1.54) is 0 Å². The van der Waals surface area contributed by atoms with Crippen LogP contribution in [0.2, 0.25) is 0 Å². The molecule has 0 saturated carbocycles. The number of aliphatic hydroxyl groups excluding tert-OH is 4. The molecular weight excluding hydrogens is 252 g/mol. The van der Waals surface area contributed by atoms with Crippen molar-refractivity contribution in [1.29, 1.82) is 0 Å². The molecule has 106 valence electrons. The first kappa shape index (κ1) is 14.4. The van der Waals surface area contributed by atoms with E-state index < -0.39 is 37.3 Å². The molecule has 1 heterocycles. The Bertz CT molecular complexity index is 382. The number of ether oxygens (including phenoxy) is 2. The van der Waals surface area contributed by atoms with Crippen molar-refractivity contribution in [3.63, 3.8) is 0 Å². The minimum Gasteiger partial charge on any atom is -0.394 e. The first-order valence-corrected chi connectivity index (χ1v) is 6.09. The van der Waals surface area contributed by atoms with Gasteiger partial charge in [-0.25, -0.2) is 0 Å². The molecule has 6 heteroatoms. The molecule has 6 nitrogen and oxygen atoms in total. The predicted octanol–water partition coefficient (Wildman–Crippen LogP) is -0.997. The lowest BCUT2D eigenvalue weighted by atomic mass is 9.99. The zero-order valence-electron chi connectivity index (χ0n) is 10.3. The Morgan fingerprint density at radius 2 is 1.68 bits per heavy atom. The summed E-state index contributed by atoms with van der Waals surface area (Å²) in [5, 5.41) is 38.0. The molecule has 3 unspecified atom stereocenters. The summed E-state index contributed by atoms with van der Waals surface area (Å²) in [6.07, 6.45) is -6.17. The summed E-state index contributed by atoms with van der Waals surface area (Å²) in [5.41, 5.74) is 0.888. The maximum absolute atomic E-state index is 9.76.